The van der Waals surface area contributed by atoms with E-state index in [1.54, 1.807) is 11.3 Å². The Morgan fingerprint density at radius 1 is 1.46 bits per heavy atom. The number of rotatable bonds is 3. The van der Waals surface area contributed by atoms with Crippen LogP contribution in [-0.4, -0.2) is 20.3 Å². The van der Waals surface area contributed by atoms with Crippen LogP contribution in [0.3, 0.4) is 0 Å². The fourth-order valence-corrected chi connectivity index (χ4v) is 4.65. The van der Waals surface area contributed by atoms with Crippen molar-refractivity contribution in [1.29, 1.82) is 0 Å². The van der Waals surface area contributed by atoms with Crippen LogP contribution in [0.5, 0.6) is 0 Å². The second-order valence-corrected chi connectivity index (χ2v) is 8.04. The summed E-state index contributed by atoms with van der Waals surface area (Å²) in [5.41, 5.74) is 5.24. The number of aryl methyl sites for hydroxylation is 1. The Morgan fingerprint density at radius 3 is 3.27 bits per heavy atom. The highest BCUT2D eigenvalue weighted by atomic mass is 32.1. The molecule has 0 saturated heterocycles. The van der Waals surface area contributed by atoms with Gasteiger partial charge in [-0.05, 0) is 36.8 Å². The molecule has 0 radical (unpaired) electrons. The largest absolute Gasteiger partial charge is 0.358 e. The zero-order valence-electron chi connectivity index (χ0n) is 14.6. The topological polar surface area (TPSA) is 62.2 Å². The number of nitrogens with zero attached hydrogens (tertiary/aromatic N) is 2. The lowest BCUT2D eigenvalue weighted by molar-refractivity contribution is 0.0952. The van der Waals surface area contributed by atoms with E-state index in [4.69, 9.17) is 0 Å². The Labute approximate surface area is 155 Å². The molecule has 1 aromatic carbocycles. The van der Waals surface area contributed by atoms with Gasteiger partial charge < -0.3 is 10.3 Å². The van der Waals surface area contributed by atoms with Gasteiger partial charge in [0.25, 0.3) is 5.91 Å². The average Bonchev–Trinajstić information content (AvgIpc) is 3.31. The maximum atomic E-state index is 12.8. The number of nitrogens with one attached hydrogen (secondary N) is 2. The van der Waals surface area contributed by atoms with E-state index in [2.05, 4.69) is 28.3 Å². The molecule has 2 N–H and O–H groups in total. The summed E-state index contributed by atoms with van der Waals surface area (Å²) in [6.07, 6.45) is 7.30. The van der Waals surface area contributed by atoms with E-state index in [1.807, 2.05) is 34.3 Å². The molecule has 1 aliphatic carbocycles. The molecular formula is C20H20N4OS. The third-order valence-corrected chi connectivity index (χ3v) is 6.06. The molecule has 0 fully saturated rings. The van der Waals surface area contributed by atoms with Crippen LogP contribution >= 0.6 is 11.3 Å². The molecule has 6 heteroatoms. The molecule has 0 saturated carbocycles. The number of amides is 1. The predicted molar refractivity (Wildman–Crippen MR) is 104 cm³/mol. The number of carbonyl (C=O) groups is 1. The lowest BCUT2D eigenvalue weighted by Crippen LogP contribution is -2.23. The Morgan fingerprint density at radius 2 is 2.38 bits per heavy atom. The highest BCUT2D eigenvalue weighted by Gasteiger charge is 2.22. The first-order valence-electron chi connectivity index (χ1n) is 9.01. The fourth-order valence-electron chi connectivity index (χ4n) is 3.93. The highest BCUT2D eigenvalue weighted by Crippen LogP contribution is 2.32. The van der Waals surface area contributed by atoms with E-state index in [0.29, 0.717) is 18.0 Å². The van der Waals surface area contributed by atoms with Gasteiger partial charge in [0.2, 0.25) is 0 Å². The standard InChI is InChI=1S/C20H20N4OS/c1-12-5-6-17-16(9-12)14-3-2-4-15(18(14)23-17)19(25)21-10-13-11-24-7-8-26-20(24)22-13/h2-4,7-8,11-12,23H,5-6,9-10H2,1H3,(H,21,25). The van der Waals surface area contributed by atoms with E-state index >= 15 is 0 Å². The molecule has 0 bridgehead atoms. The fraction of sp³-hybridized carbons (Fsp3) is 0.300. The molecule has 26 heavy (non-hydrogen) atoms. The van der Waals surface area contributed by atoms with Crippen LogP contribution in [0.1, 0.15) is 40.7 Å². The van der Waals surface area contributed by atoms with Gasteiger partial charge in [0.1, 0.15) is 0 Å². The smallest absolute Gasteiger partial charge is 0.253 e. The minimum absolute atomic E-state index is 0.0569. The zero-order chi connectivity index (χ0) is 17.7. The van der Waals surface area contributed by atoms with Crippen LogP contribution < -0.4 is 5.32 Å². The molecular weight excluding hydrogens is 344 g/mol. The second-order valence-electron chi connectivity index (χ2n) is 7.17. The molecule has 5 nitrogen and oxygen atoms in total. The summed E-state index contributed by atoms with van der Waals surface area (Å²) >= 11 is 1.59. The summed E-state index contributed by atoms with van der Waals surface area (Å²) in [6, 6.07) is 6.01. The summed E-state index contributed by atoms with van der Waals surface area (Å²) in [5, 5.41) is 6.21. The number of hydrogen-bond acceptors (Lipinski definition) is 3. The van der Waals surface area contributed by atoms with Crippen molar-refractivity contribution < 1.29 is 4.79 Å². The van der Waals surface area contributed by atoms with E-state index < -0.39 is 0 Å². The number of thiazole rings is 1. The molecule has 3 heterocycles. The van der Waals surface area contributed by atoms with Crippen LogP contribution in [0.2, 0.25) is 0 Å². The Hall–Kier alpha value is -2.60. The molecule has 1 unspecified atom stereocenters. The zero-order valence-corrected chi connectivity index (χ0v) is 15.4. The van der Waals surface area contributed by atoms with Crippen LogP contribution in [0.4, 0.5) is 0 Å². The summed E-state index contributed by atoms with van der Waals surface area (Å²) < 4.78 is 1.98. The van der Waals surface area contributed by atoms with Crippen molar-refractivity contribution in [2.24, 2.45) is 5.92 Å². The quantitative estimate of drug-likeness (QED) is 0.578. The van der Waals surface area contributed by atoms with Gasteiger partial charge in [-0.1, -0.05) is 19.1 Å². The minimum atomic E-state index is -0.0569. The molecule has 5 rings (SSSR count). The summed E-state index contributed by atoms with van der Waals surface area (Å²) in [7, 11) is 0. The molecule has 1 amide bonds. The first-order chi connectivity index (χ1) is 12.7. The predicted octanol–water partition coefficient (Wildman–Crippen LogP) is 3.93. The Kier molecular flexibility index (Phi) is 3.60. The van der Waals surface area contributed by atoms with Gasteiger partial charge in [0, 0.05) is 28.9 Å². The number of fused-ring (bicyclic) bond motifs is 4. The molecule has 4 aromatic rings. The summed E-state index contributed by atoms with van der Waals surface area (Å²) in [4.78, 5) is 21.8. The van der Waals surface area contributed by atoms with E-state index in [1.165, 1.54) is 23.1 Å². The SMILES string of the molecule is CC1CCc2[nH]c3c(C(=O)NCc4cn5ccsc5n4)cccc3c2C1. The van der Waals surface area contributed by atoms with Crippen LogP contribution in [0, 0.1) is 5.92 Å². The number of hydrogen-bond donors (Lipinski definition) is 2. The van der Waals surface area contributed by atoms with Crippen molar-refractivity contribution in [3.8, 4) is 0 Å². The Bertz CT molecular complexity index is 1090. The molecule has 0 aliphatic heterocycles. The molecule has 1 atom stereocenters. The minimum Gasteiger partial charge on any atom is -0.358 e. The van der Waals surface area contributed by atoms with Crippen LogP contribution in [0.25, 0.3) is 15.9 Å². The summed E-state index contributed by atoms with van der Waals surface area (Å²) in [5.74, 6) is 0.646. The van der Waals surface area contributed by atoms with Crippen molar-refractivity contribution in [3.63, 3.8) is 0 Å². The van der Waals surface area contributed by atoms with Crippen LogP contribution in [-0.2, 0) is 19.4 Å². The number of aromatic amines is 1. The molecule has 0 spiro atoms. The number of H-pyrrole nitrogens is 1. The van der Waals surface area contributed by atoms with Crippen molar-refractivity contribution in [2.45, 2.75) is 32.7 Å². The summed E-state index contributed by atoms with van der Waals surface area (Å²) in [6.45, 7) is 2.73. The first kappa shape index (κ1) is 15.6. The lowest BCUT2D eigenvalue weighted by Gasteiger charge is -2.17. The highest BCUT2D eigenvalue weighted by molar-refractivity contribution is 7.15. The number of carbonyl (C=O) groups excluding carboxylic acids is 1. The number of imidazole rings is 1. The maximum Gasteiger partial charge on any atom is 0.253 e. The molecule has 132 valence electrons. The number of benzene rings is 1. The number of aromatic nitrogens is 3. The van der Waals surface area contributed by atoms with E-state index in [0.717, 1.165) is 29.0 Å². The van der Waals surface area contributed by atoms with Crippen molar-refractivity contribution in [2.75, 3.05) is 0 Å². The third kappa shape index (κ3) is 2.52. The van der Waals surface area contributed by atoms with Crippen molar-refractivity contribution in [3.05, 3.63) is 58.5 Å². The van der Waals surface area contributed by atoms with Gasteiger partial charge in [-0.25, -0.2) is 4.98 Å². The second kappa shape index (κ2) is 5.99. The third-order valence-electron chi connectivity index (χ3n) is 5.29. The van der Waals surface area contributed by atoms with Gasteiger partial charge in [-0.2, -0.15) is 0 Å². The maximum absolute atomic E-state index is 12.8. The van der Waals surface area contributed by atoms with Gasteiger partial charge in [-0.15, -0.1) is 11.3 Å². The van der Waals surface area contributed by atoms with Crippen molar-refractivity contribution in [1.82, 2.24) is 19.7 Å². The van der Waals surface area contributed by atoms with Gasteiger partial charge in [-0.3, -0.25) is 9.20 Å². The van der Waals surface area contributed by atoms with Crippen LogP contribution in [0.15, 0.2) is 36.0 Å². The van der Waals surface area contributed by atoms with Gasteiger partial charge in [0.05, 0.1) is 23.3 Å². The average molecular weight is 364 g/mol. The number of para-hydroxylation sites is 1. The molecule has 1 aliphatic rings. The van der Waals surface area contributed by atoms with Crippen molar-refractivity contribution >= 4 is 33.1 Å². The lowest BCUT2D eigenvalue weighted by atomic mass is 9.87. The Balaban J connectivity index is 1.42. The molecule has 3 aromatic heterocycles. The first-order valence-corrected chi connectivity index (χ1v) is 9.88. The van der Waals surface area contributed by atoms with E-state index in [9.17, 15) is 4.79 Å². The van der Waals surface area contributed by atoms with Gasteiger partial charge in [0.15, 0.2) is 4.96 Å². The van der Waals surface area contributed by atoms with E-state index in [-0.39, 0.29) is 5.91 Å². The normalized spacial score (nSPS) is 16.9. The van der Waals surface area contributed by atoms with Gasteiger partial charge >= 0.3 is 0 Å². The monoisotopic (exact) mass is 364 g/mol.